The third-order valence-electron chi connectivity index (χ3n) is 8.09. The van der Waals surface area contributed by atoms with Crippen LogP contribution in [0, 0.1) is 0 Å². The smallest absolute Gasteiger partial charge is 0.237 e. The van der Waals surface area contributed by atoms with Crippen LogP contribution in [0.2, 0.25) is 0 Å². The highest BCUT2D eigenvalue weighted by Crippen LogP contribution is 2.41. The normalized spacial score (nSPS) is 23.0. The van der Waals surface area contributed by atoms with Crippen LogP contribution in [0.15, 0.2) is 42.5 Å². The fraction of sp³-hybridized carbons (Fsp3) is 0.536. The number of carbonyl (C=O) groups is 1. The van der Waals surface area contributed by atoms with Gasteiger partial charge in [0.2, 0.25) is 5.91 Å². The minimum Gasteiger partial charge on any atom is -0.497 e. The highest BCUT2D eigenvalue weighted by Gasteiger charge is 2.43. The monoisotopic (exact) mass is 463 g/mol. The Morgan fingerprint density at radius 2 is 1.68 bits per heavy atom. The van der Waals surface area contributed by atoms with Gasteiger partial charge in [0.25, 0.3) is 0 Å². The summed E-state index contributed by atoms with van der Waals surface area (Å²) in [6.07, 6.45) is 6.51. The number of hydrogen-bond acceptors (Lipinski definition) is 5. The van der Waals surface area contributed by atoms with E-state index in [0.717, 1.165) is 76.3 Å². The van der Waals surface area contributed by atoms with E-state index in [4.69, 9.17) is 9.47 Å². The summed E-state index contributed by atoms with van der Waals surface area (Å²) in [6.45, 7) is 5.11. The topological polar surface area (TPSA) is 45.2 Å². The number of likely N-dealkylation sites (tertiary alicyclic amines) is 1. The third kappa shape index (κ3) is 4.61. The van der Waals surface area contributed by atoms with Gasteiger partial charge in [-0.25, -0.2) is 0 Å². The molecule has 0 N–H and O–H groups in total. The molecule has 0 radical (unpaired) electrons. The van der Waals surface area contributed by atoms with Crippen LogP contribution in [0.1, 0.15) is 36.8 Å². The third-order valence-corrected chi connectivity index (χ3v) is 8.09. The SMILES string of the molecule is COc1cccc(N2CCN(CC(=O)N3CCCCC34CCc3cc(OC)ccc3C4)CC2)c1. The number of anilines is 1. The predicted molar refractivity (Wildman–Crippen MR) is 135 cm³/mol. The molecule has 3 aliphatic rings. The molecular formula is C28H37N3O3. The Balaban J connectivity index is 1.22. The molecule has 2 fully saturated rings. The van der Waals surface area contributed by atoms with E-state index in [9.17, 15) is 4.79 Å². The molecule has 1 unspecified atom stereocenters. The summed E-state index contributed by atoms with van der Waals surface area (Å²) in [6, 6.07) is 14.7. The van der Waals surface area contributed by atoms with Crippen LogP contribution in [-0.2, 0) is 17.6 Å². The average molecular weight is 464 g/mol. The van der Waals surface area contributed by atoms with Gasteiger partial charge in [-0.05, 0) is 73.9 Å². The molecule has 0 aromatic heterocycles. The van der Waals surface area contributed by atoms with Crippen molar-refractivity contribution in [2.45, 2.75) is 44.1 Å². The van der Waals surface area contributed by atoms with Crippen molar-refractivity contribution in [3.05, 3.63) is 53.6 Å². The Kier molecular flexibility index (Phi) is 6.68. The molecule has 0 saturated carbocycles. The zero-order chi connectivity index (χ0) is 23.5. The number of fused-ring (bicyclic) bond motifs is 1. The van der Waals surface area contributed by atoms with Crippen LogP contribution in [0.5, 0.6) is 11.5 Å². The Hall–Kier alpha value is -2.73. The van der Waals surface area contributed by atoms with E-state index in [2.05, 4.69) is 45.0 Å². The van der Waals surface area contributed by atoms with Gasteiger partial charge in [-0.1, -0.05) is 12.1 Å². The number of nitrogens with zero attached hydrogens (tertiary/aromatic N) is 3. The second kappa shape index (κ2) is 9.87. The second-order valence-corrected chi connectivity index (χ2v) is 10.0. The summed E-state index contributed by atoms with van der Waals surface area (Å²) >= 11 is 0. The van der Waals surface area contributed by atoms with Crippen molar-refractivity contribution in [1.29, 1.82) is 0 Å². The summed E-state index contributed by atoms with van der Waals surface area (Å²) in [5.74, 6) is 2.13. The predicted octanol–water partition coefficient (Wildman–Crippen LogP) is 3.77. The van der Waals surface area contributed by atoms with Crippen molar-refractivity contribution in [3.8, 4) is 11.5 Å². The maximum absolute atomic E-state index is 13.6. The number of carbonyl (C=O) groups excluding carboxylic acids is 1. The molecule has 1 spiro atoms. The molecule has 1 aliphatic carbocycles. The van der Waals surface area contributed by atoms with E-state index in [0.29, 0.717) is 12.5 Å². The zero-order valence-electron chi connectivity index (χ0n) is 20.6. The first-order chi connectivity index (χ1) is 16.6. The first-order valence-corrected chi connectivity index (χ1v) is 12.7. The fourth-order valence-electron chi connectivity index (χ4n) is 6.12. The van der Waals surface area contributed by atoms with Crippen LogP contribution in [-0.4, -0.2) is 74.7 Å². The van der Waals surface area contributed by atoms with E-state index in [1.165, 1.54) is 23.2 Å². The van der Waals surface area contributed by atoms with Crippen molar-refractivity contribution >= 4 is 11.6 Å². The summed E-state index contributed by atoms with van der Waals surface area (Å²) < 4.78 is 10.8. The van der Waals surface area contributed by atoms with E-state index in [-0.39, 0.29) is 5.54 Å². The van der Waals surface area contributed by atoms with Gasteiger partial charge in [0.15, 0.2) is 0 Å². The first-order valence-electron chi connectivity index (χ1n) is 12.7. The average Bonchev–Trinajstić information content (AvgIpc) is 2.89. The molecule has 6 heteroatoms. The van der Waals surface area contributed by atoms with Gasteiger partial charge in [-0.3, -0.25) is 9.69 Å². The molecule has 1 atom stereocenters. The number of amides is 1. The standard InChI is InChI=1S/C28H37N3O3/c1-33-25-7-5-6-24(19-25)30-16-14-29(15-17-30)21-27(32)31-13-4-3-11-28(31)12-10-22-18-26(34-2)9-8-23(22)20-28/h5-9,18-19H,3-4,10-17,20-21H2,1-2H3. The molecule has 0 bridgehead atoms. The molecule has 1 amide bonds. The number of ether oxygens (including phenoxy) is 2. The Bertz CT molecular complexity index is 1020. The van der Waals surface area contributed by atoms with E-state index in [1.807, 2.05) is 12.1 Å². The molecule has 182 valence electrons. The summed E-state index contributed by atoms with van der Waals surface area (Å²) in [4.78, 5) is 20.6. The van der Waals surface area contributed by atoms with Crippen LogP contribution >= 0.6 is 0 Å². The molecule has 34 heavy (non-hydrogen) atoms. The van der Waals surface area contributed by atoms with Gasteiger partial charge < -0.3 is 19.3 Å². The van der Waals surface area contributed by atoms with Crippen molar-refractivity contribution in [2.24, 2.45) is 0 Å². The molecular weight excluding hydrogens is 426 g/mol. The summed E-state index contributed by atoms with van der Waals surface area (Å²) in [7, 11) is 3.43. The van der Waals surface area contributed by atoms with E-state index >= 15 is 0 Å². The number of benzene rings is 2. The molecule has 2 aromatic carbocycles. The lowest BCUT2D eigenvalue weighted by Crippen LogP contribution is -2.60. The number of piperazine rings is 1. The fourth-order valence-corrected chi connectivity index (χ4v) is 6.12. The highest BCUT2D eigenvalue weighted by molar-refractivity contribution is 5.79. The van der Waals surface area contributed by atoms with Crippen LogP contribution in [0.25, 0.3) is 0 Å². The quantitative estimate of drug-likeness (QED) is 0.676. The number of aryl methyl sites for hydroxylation is 1. The van der Waals surface area contributed by atoms with Gasteiger partial charge in [-0.15, -0.1) is 0 Å². The van der Waals surface area contributed by atoms with Gasteiger partial charge in [0.05, 0.1) is 20.8 Å². The van der Waals surface area contributed by atoms with Crippen LogP contribution in [0.4, 0.5) is 5.69 Å². The van der Waals surface area contributed by atoms with E-state index in [1.54, 1.807) is 14.2 Å². The first kappa shape index (κ1) is 23.0. The van der Waals surface area contributed by atoms with Crippen molar-refractivity contribution in [3.63, 3.8) is 0 Å². The Labute approximate surface area is 203 Å². The lowest BCUT2D eigenvalue weighted by Gasteiger charge is -2.50. The number of rotatable bonds is 5. The van der Waals surface area contributed by atoms with Gasteiger partial charge in [0.1, 0.15) is 11.5 Å². The molecule has 6 nitrogen and oxygen atoms in total. The molecule has 5 rings (SSSR count). The van der Waals surface area contributed by atoms with E-state index < -0.39 is 0 Å². The maximum Gasteiger partial charge on any atom is 0.237 e. The van der Waals surface area contributed by atoms with Gasteiger partial charge in [0, 0.05) is 50.0 Å². The zero-order valence-corrected chi connectivity index (χ0v) is 20.6. The van der Waals surface area contributed by atoms with Gasteiger partial charge in [-0.2, -0.15) is 0 Å². The largest absolute Gasteiger partial charge is 0.497 e. The minimum absolute atomic E-state index is 0.0145. The summed E-state index contributed by atoms with van der Waals surface area (Å²) in [5.41, 5.74) is 3.95. The van der Waals surface area contributed by atoms with Crippen molar-refractivity contribution < 1.29 is 14.3 Å². The van der Waals surface area contributed by atoms with Crippen LogP contribution < -0.4 is 14.4 Å². The lowest BCUT2D eigenvalue weighted by atomic mass is 9.72. The molecule has 2 aliphatic heterocycles. The second-order valence-electron chi connectivity index (χ2n) is 10.0. The Morgan fingerprint density at radius 1 is 0.882 bits per heavy atom. The van der Waals surface area contributed by atoms with Crippen molar-refractivity contribution in [1.82, 2.24) is 9.80 Å². The molecule has 2 aromatic rings. The minimum atomic E-state index is -0.0145. The number of hydrogen-bond donors (Lipinski definition) is 0. The lowest BCUT2D eigenvalue weighted by molar-refractivity contribution is -0.142. The molecule has 2 heterocycles. The Morgan fingerprint density at radius 3 is 2.47 bits per heavy atom. The molecule has 2 saturated heterocycles. The number of piperidine rings is 1. The maximum atomic E-state index is 13.6. The van der Waals surface area contributed by atoms with Crippen LogP contribution in [0.3, 0.4) is 0 Å². The highest BCUT2D eigenvalue weighted by atomic mass is 16.5. The number of methoxy groups -OCH3 is 2. The van der Waals surface area contributed by atoms with Crippen molar-refractivity contribution in [2.75, 3.05) is 58.4 Å². The summed E-state index contributed by atoms with van der Waals surface area (Å²) in [5, 5.41) is 0. The van der Waals surface area contributed by atoms with Gasteiger partial charge >= 0.3 is 0 Å².